The molecule has 8 heteroatoms. The number of benzene rings is 1. The number of hydrogen-bond acceptors (Lipinski definition) is 5. The Morgan fingerprint density at radius 1 is 1.58 bits per heavy atom. The largest absolute Gasteiger partial charge is 0.447 e. The molecule has 0 saturated carbocycles. The first-order valence-corrected chi connectivity index (χ1v) is 5.75. The predicted octanol–water partition coefficient (Wildman–Crippen LogP) is 0.704. The van der Waals surface area contributed by atoms with E-state index in [4.69, 9.17) is 21.9 Å². The highest BCUT2D eigenvalue weighted by atomic mass is 35.5. The number of aromatic nitrogens is 1. The van der Waals surface area contributed by atoms with E-state index in [2.05, 4.69) is 4.74 Å². The van der Waals surface area contributed by atoms with E-state index in [1.54, 1.807) is 12.1 Å². The number of hydrogen-bond donors (Lipinski definition) is 2. The van der Waals surface area contributed by atoms with Crippen LogP contribution in [0.15, 0.2) is 27.5 Å². The monoisotopic (exact) mass is 286 g/mol. The molecule has 1 unspecified atom stereocenters. The van der Waals surface area contributed by atoms with E-state index in [-0.39, 0.29) is 13.2 Å². The fraction of sp³-hybridized carbons (Fsp3) is 0.273. The van der Waals surface area contributed by atoms with E-state index in [0.29, 0.717) is 16.0 Å². The second-order valence-corrected chi connectivity index (χ2v) is 4.32. The molecule has 0 aliphatic rings. The average molecular weight is 287 g/mol. The number of carbonyl (C=O) groups is 1. The molecule has 3 N–H and O–H groups in total. The Kier molecular flexibility index (Phi) is 3.77. The van der Waals surface area contributed by atoms with Crippen molar-refractivity contribution < 1.29 is 19.2 Å². The number of carbonyl (C=O) groups excluding carboxylic acids is 1. The van der Waals surface area contributed by atoms with Crippen molar-refractivity contribution >= 4 is 28.7 Å². The summed E-state index contributed by atoms with van der Waals surface area (Å²) in [6.45, 7) is -0.474. The maximum Gasteiger partial charge on any atom is 0.404 e. The van der Waals surface area contributed by atoms with Gasteiger partial charge in [0.25, 0.3) is 5.56 Å². The molecule has 0 fully saturated rings. The van der Waals surface area contributed by atoms with Crippen LogP contribution in [0.5, 0.6) is 0 Å². The lowest BCUT2D eigenvalue weighted by atomic mass is 10.3. The van der Waals surface area contributed by atoms with Gasteiger partial charge in [0.15, 0.2) is 5.58 Å². The summed E-state index contributed by atoms with van der Waals surface area (Å²) in [6, 6.07) is 4.62. The van der Waals surface area contributed by atoms with Crippen molar-refractivity contribution in [1.29, 1.82) is 0 Å². The number of fused-ring (bicyclic) bond motifs is 1. The third-order valence-corrected chi connectivity index (χ3v) is 2.64. The lowest BCUT2D eigenvalue weighted by Crippen LogP contribution is -2.29. The minimum absolute atomic E-state index is 0.154. The summed E-state index contributed by atoms with van der Waals surface area (Å²) in [5, 5.41) is 10.3. The summed E-state index contributed by atoms with van der Waals surface area (Å²) in [5.41, 5.74) is 4.70. The van der Waals surface area contributed by atoms with Crippen molar-refractivity contribution in [3.63, 3.8) is 0 Å². The zero-order valence-corrected chi connectivity index (χ0v) is 10.5. The van der Waals surface area contributed by atoms with E-state index in [1.807, 2.05) is 0 Å². The molecule has 7 nitrogen and oxygen atoms in total. The molecule has 19 heavy (non-hydrogen) atoms. The fourth-order valence-electron chi connectivity index (χ4n) is 1.59. The molecule has 1 aromatic heterocycles. The van der Waals surface area contributed by atoms with Crippen LogP contribution in [0.3, 0.4) is 0 Å². The van der Waals surface area contributed by atoms with Gasteiger partial charge >= 0.3 is 6.09 Å². The van der Waals surface area contributed by atoms with Crippen molar-refractivity contribution in [2.24, 2.45) is 5.73 Å². The first-order valence-electron chi connectivity index (χ1n) is 5.37. The topological polar surface area (TPSA) is 108 Å². The average Bonchev–Trinajstić information content (AvgIpc) is 2.64. The highest BCUT2D eigenvalue weighted by Crippen LogP contribution is 2.16. The Labute approximate surface area is 112 Å². The molecular formula is C11H11ClN2O5. The van der Waals surface area contributed by atoms with Crippen LogP contribution < -0.4 is 11.3 Å². The number of ether oxygens (including phenoxy) is 1. The Morgan fingerprint density at radius 3 is 3.00 bits per heavy atom. The fourth-order valence-corrected chi connectivity index (χ4v) is 1.76. The molecule has 0 bridgehead atoms. The third-order valence-electron chi connectivity index (χ3n) is 2.40. The second kappa shape index (κ2) is 5.33. The number of aliphatic hydroxyl groups excluding tert-OH is 1. The van der Waals surface area contributed by atoms with Crippen LogP contribution in [-0.2, 0) is 11.3 Å². The zero-order chi connectivity index (χ0) is 14.0. The molecule has 0 saturated heterocycles. The number of aliphatic hydroxyl groups is 1. The van der Waals surface area contributed by atoms with E-state index in [9.17, 15) is 14.7 Å². The van der Waals surface area contributed by atoms with Crippen molar-refractivity contribution in [2.75, 3.05) is 6.61 Å². The quantitative estimate of drug-likeness (QED) is 0.860. The van der Waals surface area contributed by atoms with Gasteiger partial charge in [-0.3, -0.25) is 4.79 Å². The summed E-state index contributed by atoms with van der Waals surface area (Å²) < 4.78 is 10.6. The van der Waals surface area contributed by atoms with Gasteiger partial charge in [0.2, 0.25) is 0 Å². The van der Waals surface area contributed by atoms with Gasteiger partial charge in [-0.25, -0.2) is 4.79 Å². The van der Waals surface area contributed by atoms with E-state index < -0.39 is 17.8 Å². The highest BCUT2D eigenvalue weighted by molar-refractivity contribution is 6.31. The first-order chi connectivity index (χ1) is 8.97. The maximum absolute atomic E-state index is 11.9. The molecule has 2 rings (SSSR count). The molecule has 2 aromatic rings. The van der Waals surface area contributed by atoms with E-state index >= 15 is 0 Å². The lowest BCUT2D eigenvalue weighted by molar-refractivity contribution is 0.0463. The smallest absolute Gasteiger partial charge is 0.404 e. The number of nitrogens with two attached hydrogens (primary N) is 1. The highest BCUT2D eigenvalue weighted by Gasteiger charge is 2.14. The normalized spacial score (nSPS) is 12.5. The first kappa shape index (κ1) is 13.4. The van der Waals surface area contributed by atoms with Crippen LogP contribution in [-0.4, -0.2) is 28.7 Å². The van der Waals surface area contributed by atoms with Gasteiger partial charge in [-0.1, -0.05) is 11.6 Å². The molecule has 0 spiro atoms. The molecule has 0 radical (unpaired) electrons. The SMILES string of the molecule is NC(=O)OCC(O)Cn1oc2ccc(Cl)cc2c1=O. The maximum atomic E-state index is 11.9. The predicted molar refractivity (Wildman–Crippen MR) is 67.0 cm³/mol. The Morgan fingerprint density at radius 2 is 2.32 bits per heavy atom. The van der Waals surface area contributed by atoms with Gasteiger partial charge in [-0.05, 0) is 18.2 Å². The van der Waals surface area contributed by atoms with E-state index in [1.165, 1.54) is 6.07 Å². The van der Waals surface area contributed by atoms with Crippen molar-refractivity contribution in [2.45, 2.75) is 12.6 Å². The molecule has 0 aliphatic carbocycles. The Hall–Kier alpha value is -1.99. The number of rotatable bonds is 4. The van der Waals surface area contributed by atoms with Gasteiger partial charge in [-0.15, -0.1) is 0 Å². The van der Waals surface area contributed by atoms with Gasteiger partial charge < -0.3 is 20.1 Å². The minimum atomic E-state index is -1.10. The van der Waals surface area contributed by atoms with Crippen LogP contribution >= 0.6 is 11.6 Å². The van der Waals surface area contributed by atoms with E-state index in [0.717, 1.165) is 4.74 Å². The van der Waals surface area contributed by atoms with Crippen LogP contribution in [0.25, 0.3) is 11.0 Å². The standard InChI is InChI=1S/C11H11ClN2O5/c12-6-1-2-9-8(3-6)10(16)14(19-9)4-7(15)5-18-11(13)17/h1-3,7,15H,4-5H2,(H2,13,17). The molecule has 1 atom stereocenters. The lowest BCUT2D eigenvalue weighted by Gasteiger charge is -2.08. The molecule has 102 valence electrons. The summed E-state index contributed by atoms with van der Waals surface area (Å²) in [6.07, 6.45) is -2.09. The molecule has 1 heterocycles. The summed E-state index contributed by atoms with van der Waals surface area (Å²) in [5.74, 6) is 0. The van der Waals surface area contributed by atoms with Crippen molar-refractivity contribution in [3.8, 4) is 0 Å². The minimum Gasteiger partial charge on any atom is -0.447 e. The van der Waals surface area contributed by atoms with Gasteiger partial charge in [0, 0.05) is 5.02 Å². The van der Waals surface area contributed by atoms with Crippen LogP contribution in [0, 0.1) is 0 Å². The summed E-state index contributed by atoms with van der Waals surface area (Å²) >= 11 is 5.78. The number of nitrogens with zero attached hydrogens (tertiary/aromatic N) is 1. The summed E-state index contributed by atoms with van der Waals surface area (Å²) in [7, 11) is 0. The van der Waals surface area contributed by atoms with Gasteiger partial charge in [-0.2, -0.15) is 4.74 Å². The van der Waals surface area contributed by atoms with Crippen molar-refractivity contribution in [3.05, 3.63) is 33.6 Å². The number of amides is 1. The zero-order valence-electron chi connectivity index (χ0n) is 9.71. The van der Waals surface area contributed by atoms with Crippen LogP contribution in [0.1, 0.15) is 0 Å². The Balaban J connectivity index is 2.19. The number of primary amides is 1. The van der Waals surface area contributed by atoms with Crippen LogP contribution in [0.2, 0.25) is 5.02 Å². The van der Waals surface area contributed by atoms with Gasteiger partial charge in [0.1, 0.15) is 12.7 Å². The molecule has 1 amide bonds. The Bertz CT molecular complexity index is 663. The molecule has 1 aromatic carbocycles. The summed E-state index contributed by atoms with van der Waals surface area (Å²) in [4.78, 5) is 22.3. The number of halogens is 1. The van der Waals surface area contributed by atoms with Crippen LogP contribution in [0.4, 0.5) is 4.79 Å². The second-order valence-electron chi connectivity index (χ2n) is 3.88. The van der Waals surface area contributed by atoms with Gasteiger partial charge in [0.05, 0.1) is 11.9 Å². The molecule has 0 aliphatic heterocycles. The van der Waals surface area contributed by atoms with Crippen molar-refractivity contribution in [1.82, 2.24) is 4.74 Å². The third kappa shape index (κ3) is 3.07. The molecular weight excluding hydrogens is 276 g/mol.